The van der Waals surface area contributed by atoms with Crippen molar-refractivity contribution in [3.8, 4) is 6.07 Å². The predicted molar refractivity (Wildman–Crippen MR) is 68.6 cm³/mol. The van der Waals surface area contributed by atoms with Gasteiger partial charge in [0.2, 0.25) is 10.0 Å². The Kier molecular flexibility index (Phi) is 6.51. The normalized spacial score (nSPS) is 11.5. The molecule has 0 aliphatic carbocycles. The Morgan fingerprint density at radius 1 is 1.35 bits per heavy atom. The van der Waals surface area contributed by atoms with Gasteiger partial charge in [-0.2, -0.15) is 5.26 Å². The molecule has 0 aliphatic heterocycles. The van der Waals surface area contributed by atoms with Crippen LogP contribution in [-0.4, -0.2) is 34.6 Å². The van der Waals surface area contributed by atoms with Gasteiger partial charge in [-0.3, -0.25) is 0 Å². The minimum Gasteiger partial charge on any atom is -0.374 e. The van der Waals surface area contributed by atoms with Crippen LogP contribution < -0.4 is 4.72 Å². The maximum Gasteiger partial charge on any atom is 0.261 e. The van der Waals surface area contributed by atoms with Crippen LogP contribution >= 0.6 is 0 Å². The lowest BCUT2D eigenvalue weighted by Crippen LogP contribution is -2.29. The highest BCUT2D eigenvalue weighted by molar-refractivity contribution is 7.88. The molecule has 0 bridgehead atoms. The van der Waals surface area contributed by atoms with Crippen LogP contribution in [0.2, 0.25) is 0 Å². The average Bonchev–Trinajstić information content (AvgIpc) is 2.38. The molecule has 0 fully saturated rings. The Labute approximate surface area is 116 Å². The predicted octanol–water partition coefficient (Wildman–Crippen LogP) is 1.26. The summed E-state index contributed by atoms with van der Waals surface area (Å²) in [4.78, 5) is 0. The van der Waals surface area contributed by atoms with Crippen LogP contribution in [0.25, 0.3) is 0 Å². The average molecular weight is 304 g/mol. The first kappa shape index (κ1) is 16.5. The molecule has 8 heteroatoms. The summed E-state index contributed by atoms with van der Waals surface area (Å²) < 4.78 is 53.8. The van der Waals surface area contributed by atoms with Crippen molar-refractivity contribution >= 4 is 10.0 Å². The number of sulfonamides is 1. The highest BCUT2D eigenvalue weighted by Crippen LogP contribution is 2.10. The van der Waals surface area contributed by atoms with Crippen LogP contribution in [0.3, 0.4) is 0 Å². The Bertz CT molecular complexity index is 570. The number of halogens is 2. The van der Waals surface area contributed by atoms with Gasteiger partial charge in [0, 0.05) is 6.54 Å². The Morgan fingerprint density at radius 3 is 2.70 bits per heavy atom. The molecule has 0 aromatic heterocycles. The van der Waals surface area contributed by atoms with Gasteiger partial charge in [-0.25, -0.2) is 21.9 Å². The number of nitrogens with zero attached hydrogens (tertiary/aromatic N) is 1. The van der Waals surface area contributed by atoms with Crippen molar-refractivity contribution < 1.29 is 21.9 Å². The molecule has 0 spiro atoms. The van der Waals surface area contributed by atoms with Crippen molar-refractivity contribution in [2.24, 2.45) is 0 Å². The number of hydrogen-bond donors (Lipinski definition) is 1. The molecule has 0 saturated carbocycles. The van der Waals surface area contributed by atoms with Gasteiger partial charge in [-0.05, 0) is 11.6 Å². The molecule has 20 heavy (non-hydrogen) atoms. The van der Waals surface area contributed by atoms with Crippen LogP contribution in [0.4, 0.5) is 8.78 Å². The third-order valence-corrected chi connectivity index (χ3v) is 3.63. The zero-order chi connectivity index (χ0) is 15.0. The molecule has 5 nitrogen and oxygen atoms in total. The number of nitrogens with one attached hydrogen (secondary N) is 1. The van der Waals surface area contributed by atoms with Crippen molar-refractivity contribution in [3.05, 3.63) is 35.4 Å². The van der Waals surface area contributed by atoms with Gasteiger partial charge >= 0.3 is 0 Å². The van der Waals surface area contributed by atoms with E-state index < -0.39 is 23.1 Å². The molecule has 0 radical (unpaired) electrons. The highest BCUT2D eigenvalue weighted by Gasteiger charge is 2.13. The third kappa shape index (κ3) is 6.06. The second-order valence-corrected chi connectivity index (χ2v) is 5.70. The molecule has 0 aliphatic rings. The molecule has 1 N–H and O–H groups in total. The second-order valence-electron chi connectivity index (χ2n) is 3.89. The number of benzene rings is 1. The van der Waals surface area contributed by atoms with Crippen LogP contribution in [0.1, 0.15) is 11.1 Å². The maximum absolute atomic E-state index is 11.8. The monoisotopic (exact) mass is 304 g/mol. The first-order valence-electron chi connectivity index (χ1n) is 5.76. The molecule has 0 atom stereocenters. The number of hydrogen-bond acceptors (Lipinski definition) is 4. The standard InChI is InChI=1S/C12H14F2N2O3S/c13-12(14)8-19-6-5-16-20(17,18)9-11-4-2-1-3-10(11)7-15/h1-4,12,16H,5-6,8-9H2. The quantitative estimate of drug-likeness (QED) is 0.733. The fourth-order valence-corrected chi connectivity index (χ4v) is 2.61. The van der Waals surface area contributed by atoms with Crippen molar-refractivity contribution in [3.63, 3.8) is 0 Å². The van der Waals surface area contributed by atoms with Gasteiger partial charge in [0.15, 0.2) is 0 Å². The maximum atomic E-state index is 11.8. The zero-order valence-electron chi connectivity index (χ0n) is 10.6. The van der Waals surface area contributed by atoms with Gasteiger partial charge < -0.3 is 4.74 Å². The van der Waals surface area contributed by atoms with Crippen molar-refractivity contribution in [1.29, 1.82) is 5.26 Å². The SMILES string of the molecule is N#Cc1ccccc1CS(=O)(=O)NCCOCC(F)F. The summed E-state index contributed by atoms with van der Waals surface area (Å²) in [6.07, 6.45) is -2.57. The van der Waals surface area contributed by atoms with E-state index in [0.29, 0.717) is 5.56 Å². The number of nitriles is 1. The minimum absolute atomic E-state index is 0.0935. The first-order chi connectivity index (χ1) is 9.44. The molecule has 0 amide bonds. The van der Waals surface area contributed by atoms with Crippen molar-refractivity contribution in [1.82, 2.24) is 4.72 Å². The fraction of sp³-hybridized carbons (Fsp3) is 0.417. The van der Waals surface area contributed by atoms with E-state index in [1.807, 2.05) is 6.07 Å². The summed E-state index contributed by atoms with van der Waals surface area (Å²) in [5, 5.41) is 8.86. The van der Waals surface area contributed by atoms with Gasteiger partial charge in [0.25, 0.3) is 6.43 Å². The van der Waals surface area contributed by atoms with E-state index in [1.54, 1.807) is 18.2 Å². The van der Waals surface area contributed by atoms with E-state index in [-0.39, 0.29) is 24.5 Å². The summed E-state index contributed by atoms with van der Waals surface area (Å²) in [6, 6.07) is 8.25. The molecule has 110 valence electrons. The number of rotatable bonds is 8. The largest absolute Gasteiger partial charge is 0.374 e. The van der Waals surface area contributed by atoms with Gasteiger partial charge in [0.05, 0.1) is 24.0 Å². The molecule has 1 rings (SSSR count). The van der Waals surface area contributed by atoms with Gasteiger partial charge in [-0.1, -0.05) is 18.2 Å². The summed E-state index contributed by atoms with van der Waals surface area (Å²) in [5.74, 6) is -0.342. The van der Waals surface area contributed by atoms with Crippen molar-refractivity contribution in [2.75, 3.05) is 19.8 Å². The lowest BCUT2D eigenvalue weighted by molar-refractivity contribution is 0.0199. The summed E-state index contributed by atoms with van der Waals surface area (Å²) >= 11 is 0. The second kappa shape index (κ2) is 7.89. The van der Waals surface area contributed by atoms with Crippen LogP contribution in [0.15, 0.2) is 24.3 Å². The summed E-state index contributed by atoms with van der Waals surface area (Å²) in [5.41, 5.74) is 0.669. The molecular weight excluding hydrogens is 290 g/mol. The van der Waals surface area contributed by atoms with E-state index in [9.17, 15) is 17.2 Å². The number of ether oxygens (including phenoxy) is 1. The van der Waals surface area contributed by atoms with E-state index >= 15 is 0 Å². The van der Waals surface area contributed by atoms with Gasteiger partial charge in [0.1, 0.15) is 6.61 Å². The highest BCUT2D eigenvalue weighted by atomic mass is 32.2. The van der Waals surface area contributed by atoms with E-state index in [1.165, 1.54) is 6.07 Å². The first-order valence-corrected chi connectivity index (χ1v) is 7.41. The lowest BCUT2D eigenvalue weighted by Gasteiger charge is -2.08. The van der Waals surface area contributed by atoms with Crippen LogP contribution in [0, 0.1) is 11.3 Å². The third-order valence-electron chi connectivity index (χ3n) is 2.30. The molecule has 0 saturated heterocycles. The van der Waals surface area contributed by atoms with E-state index in [4.69, 9.17) is 5.26 Å². The molecule has 1 aromatic carbocycles. The van der Waals surface area contributed by atoms with Gasteiger partial charge in [-0.15, -0.1) is 0 Å². The number of alkyl halides is 2. The zero-order valence-corrected chi connectivity index (χ0v) is 11.4. The Balaban J connectivity index is 2.48. The Morgan fingerprint density at radius 2 is 2.05 bits per heavy atom. The van der Waals surface area contributed by atoms with E-state index in [0.717, 1.165) is 0 Å². The fourth-order valence-electron chi connectivity index (χ4n) is 1.45. The smallest absolute Gasteiger partial charge is 0.261 e. The topological polar surface area (TPSA) is 79.2 Å². The minimum atomic E-state index is -3.64. The van der Waals surface area contributed by atoms with Crippen LogP contribution in [0.5, 0.6) is 0 Å². The Hall–Kier alpha value is -1.56. The van der Waals surface area contributed by atoms with E-state index in [2.05, 4.69) is 9.46 Å². The molecule has 0 unspecified atom stereocenters. The van der Waals surface area contributed by atoms with Crippen LogP contribution in [-0.2, 0) is 20.5 Å². The lowest BCUT2D eigenvalue weighted by atomic mass is 10.1. The molecule has 0 heterocycles. The summed E-state index contributed by atoms with van der Waals surface area (Å²) in [6.45, 7) is -0.952. The van der Waals surface area contributed by atoms with Crippen molar-refractivity contribution in [2.45, 2.75) is 12.2 Å². The summed E-state index contributed by atoms with van der Waals surface area (Å²) in [7, 11) is -3.64. The molecular formula is C12H14F2N2O3S. The molecule has 1 aromatic rings.